The maximum absolute atomic E-state index is 15.6. The van der Waals surface area contributed by atoms with E-state index in [2.05, 4.69) is 9.97 Å². The lowest BCUT2D eigenvalue weighted by atomic mass is 9.72. The zero-order valence-corrected chi connectivity index (χ0v) is 45.3. The first kappa shape index (κ1) is 54.4. The molecule has 88 heavy (non-hydrogen) atoms. The van der Waals surface area contributed by atoms with Crippen LogP contribution in [0.3, 0.4) is 0 Å². The zero-order chi connectivity index (χ0) is 61.2. The molecule has 0 aliphatic rings. The summed E-state index contributed by atoms with van der Waals surface area (Å²) in [5, 5.41) is 5.11. The molecule has 4 heterocycles. The molecule has 0 spiro atoms. The third-order valence-corrected chi connectivity index (χ3v) is 16.7. The summed E-state index contributed by atoms with van der Waals surface area (Å²) in [5.74, 6) is 0.202. The lowest BCUT2D eigenvalue weighted by molar-refractivity contribution is -0.290. The molecule has 436 valence electrons. The van der Waals surface area contributed by atoms with Crippen LogP contribution >= 0.6 is 0 Å². The van der Waals surface area contributed by atoms with Crippen LogP contribution in [0.25, 0.3) is 133 Å². The van der Waals surface area contributed by atoms with Gasteiger partial charge in [-0.05, 0) is 140 Å². The molecule has 0 unspecified atom stereocenters. The van der Waals surface area contributed by atoms with E-state index >= 15 is 52.7 Å². The largest absolute Gasteiger partial charge is 0.441 e. The van der Waals surface area contributed by atoms with Gasteiger partial charge in [-0.2, -0.15) is 52.7 Å². The average Bonchev–Trinajstić information content (AvgIpc) is 1.36. The molecule has 0 saturated carbocycles. The van der Waals surface area contributed by atoms with Gasteiger partial charge in [0.05, 0.1) is 0 Å². The van der Waals surface area contributed by atoms with Gasteiger partial charge in [-0.15, -0.1) is 0 Å². The number of oxazole rings is 4. The highest BCUT2D eigenvalue weighted by molar-refractivity contribution is 6.41. The molecule has 0 aliphatic carbocycles. The van der Waals surface area contributed by atoms with Crippen LogP contribution in [0.1, 0.15) is 33.7 Å². The number of rotatable bonds is 8. The maximum Gasteiger partial charge on any atom is 0.411 e. The van der Waals surface area contributed by atoms with Crippen molar-refractivity contribution in [1.29, 1.82) is 0 Å². The summed E-state index contributed by atoms with van der Waals surface area (Å²) in [5.41, 5.74) is -8.17. The van der Waals surface area contributed by atoms with E-state index in [1.807, 2.05) is 48.5 Å². The van der Waals surface area contributed by atoms with Crippen molar-refractivity contribution in [2.24, 2.45) is 0 Å². The van der Waals surface area contributed by atoms with Gasteiger partial charge >= 0.3 is 24.7 Å². The molecule has 0 saturated heterocycles. The second-order valence-corrected chi connectivity index (χ2v) is 21.7. The van der Waals surface area contributed by atoms with E-state index in [-0.39, 0.29) is 56.6 Å². The Kier molecular flexibility index (Phi) is 11.5. The van der Waals surface area contributed by atoms with Crippen molar-refractivity contribution in [3.8, 4) is 45.5 Å². The van der Waals surface area contributed by atoms with Gasteiger partial charge in [0.25, 0.3) is 0 Å². The van der Waals surface area contributed by atoms with Gasteiger partial charge in [-0.3, -0.25) is 0 Å². The Morgan fingerprint density at radius 3 is 1.09 bits per heavy atom. The third-order valence-electron chi connectivity index (χ3n) is 16.7. The number of hydrogen-bond donors (Lipinski definition) is 0. The number of halogens is 12. The van der Waals surface area contributed by atoms with Gasteiger partial charge in [0, 0.05) is 39.8 Å². The number of fused-ring (bicyclic) bond motifs is 8. The number of aryl methyl sites for hydroxylation is 2. The Morgan fingerprint density at radius 2 is 0.670 bits per heavy atom. The van der Waals surface area contributed by atoms with Crippen LogP contribution in [-0.2, 0) is 10.8 Å². The molecule has 20 heteroatoms. The minimum Gasteiger partial charge on any atom is -0.441 e. The van der Waals surface area contributed by atoms with Crippen LogP contribution in [0.15, 0.2) is 200 Å². The van der Waals surface area contributed by atoms with Crippen LogP contribution in [0.4, 0.5) is 52.7 Å². The first-order valence-electron chi connectivity index (χ1n) is 27.1. The van der Waals surface area contributed by atoms with Crippen LogP contribution in [0.2, 0.25) is 0 Å². The van der Waals surface area contributed by atoms with Crippen molar-refractivity contribution in [2.45, 2.75) is 49.4 Å². The van der Waals surface area contributed by atoms with Gasteiger partial charge < -0.3 is 17.7 Å². The second kappa shape index (κ2) is 18.6. The molecule has 0 bridgehead atoms. The van der Waals surface area contributed by atoms with Gasteiger partial charge in [0.15, 0.2) is 28.2 Å². The molecule has 0 amide bonds. The first-order chi connectivity index (χ1) is 41.9. The molecule has 0 fully saturated rings. The fourth-order valence-electron chi connectivity index (χ4n) is 12.7. The molecule has 11 aromatic carbocycles. The number of alkyl halides is 12. The van der Waals surface area contributed by atoms with E-state index in [0.29, 0.717) is 66.0 Å². The Hall–Kier alpha value is -10.2. The van der Waals surface area contributed by atoms with Gasteiger partial charge in [-0.1, -0.05) is 115 Å². The zero-order valence-electron chi connectivity index (χ0n) is 45.3. The normalized spacial score (nSPS) is 13.3. The third kappa shape index (κ3) is 7.88. The highest BCUT2D eigenvalue weighted by Gasteiger charge is 2.73. The molecule has 0 atom stereocenters. The fourth-order valence-corrected chi connectivity index (χ4v) is 12.7. The van der Waals surface area contributed by atoms with Gasteiger partial charge in [0.2, 0.25) is 28.5 Å². The molecule has 0 radical (unpaired) electrons. The summed E-state index contributed by atoms with van der Waals surface area (Å²) in [6.45, 7) is 3.27. The minimum absolute atomic E-state index is 0.0377. The smallest absolute Gasteiger partial charge is 0.411 e. The van der Waals surface area contributed by atoms with E-state index in [1.54, 1.807) is 50.2 Å². The monoisotopic (exact) mass is 1200 g/mol. The molecule has 4 aromatic heterocycles. The molecule has 15 aromatic rings. The maximum atomic E-state index is 15.6. The number of benzene rings is 11. The Labute approximate surface area is 486 Å². The molecule has 0 N–H and O–H groups in total. The van der Waals surface area contributed by atoms with E-state index < -0.39 is 57.8 Å². The lowest BCUT2D eigenvalue weighted by Crippen LogP contribution is -2.54. The predicted octanol–water partition coefficient (Wildman–Crippen LogP) is 20.4. The summed E-state index contributed by atoms with van der Waals surface area (Å²) in [6.07, 6.45) is -23.5. The van der Waals surface area contributed by atoms with Crippen molar-refractivity contribution in [3.05, 3.63) is 216 Å². The van der Waals surface area contributed by atoms with Crippen LogP contribution in [-0.4, -0.2) is 44.6 Å². The van der Waals surface area contributed by atoms with Gasteiger partial charge in [-0.25, -0.2) is 19.9 Å². The van der Waals surface area contributed by atoms with E-state index in [9.17, 15) is 0 Å². The lowest BCUT2D eigenvalue weighted by Gasteiger charge is -2.38. The minimum atomic E-state index is -5.92. The fraction of sp³-hybridized carbons (Fsp3) is 0.118. The molecule has 8 nitrogen and oxygen atoms in total. The van der Waals surface area contributed by atoms with Gasteiger partial charge in [0.1, 0.15) is 22.1 Å². The predicted molar refractivity (Wildman–Crippen MR) is 308 cm³/mol. The standard InChI is InChI=1S/C68H36F12N4O4/c1-33-9-19-42(20-10-33)63(65(69,70)71,66(72,73)74)43-23-13-37(14-24-43)61-83-58-52(87-61)31-41-32-53-59(57-47-8-4-6-35-5-3-7-46(54(35)47)56(58)55(41)57)84-62(88-53)38-15-25-45(26-16-38)64(67(75,76)77,68(78,79)80)44-21-11-36(12-22-44)60-82-49-28-18-40(30-51(49)86-60)39-17-27-48-50(29-39)85-34(2)81-48/h3-32H,1-2H3. The van der Waals surface area contributed by atoms with Crippen LogP contribution < -0.4 is 0 Å². The number of hydrogen-bond acceptors (Lipinski definition) is 8. The SMILES string of the molecule is Cc1ccc(C(c2ccc(-c3nc4c(cc5cc6oc(-c7ccc(C(c8ccc(-c9nc%10ccc(-c%11ccc%12nc(C)oc%12c%11)cc%10o9)cc8)(C(F)(F)F)C(F)(F)F)cc7)nc6c6c7cccc8cccc(c87)c4c56)o3)cc2)(C(F)(F)F)C(F)(F)F)cc1. The van der Waals surface area contributed by atoms with Crippen molar-refractivity contribution in [3.63, 3.8) is 0 Å². The number of aromatic nitrogens is 4. The molecular weight excluding hydrogens is 1160 g/mol. The topological polar surface area (TPSA) is 104 Å². The molecule has 0 aliphatic heterocycles. The molecule has 15 rings (SSSR count). The summed E-state index contributed by atoms with van der Waals surface area (Å²) in [7, 11) is 0. The summed E-state index contributed by atoms with van der Waals surface area (Å²) >= 11 is 0. The van der Waals surface area contributed by atoms with Crippen molar-refractivity contribution in [1.82, 2.24) is 19.9 Å². The average molecular weight is 1200 g/mol. The van der Waals surface area contributed by atoms with E-state index in [0.717, 1.165) is 107 Å². The van der Waals surface area contributed by atoms with Crippen LogP contribution in [0, 0.1) is 13.8 Å². The highest BCUT2D eigenvalue weighted by atomic mass is 19.4. The summed E-state index contributed by atoms with van der Waals surface area (Å²) in [4.78, 5) is 18.5. The Balaban J connectivity index is 0.805. The molecular formula is C68H36F12N4O4. The first-order valence-corrected chi connectivity index (χ1v) is 27.1. The quantitative estimate of drug-likeness (QED) is 0.0842. The van der Waals surface area contributed by atoms with Crippen molar-refractivity contribution < 1.29 is 70.4 Å². The highest BCUT2D eigenvalue weighted by Crippen LogP contribution is 2.59. The summed E-state index contributed by atoms with van der Waals surface area (Å²) in [6, 6.07) is 40.0. The Morgan fingerprint density at radius 1 is 0.307 bits per heavy atom. The van der Waals surface area contributed by atoms with E-state index in [1.165, 1.54) is 12.1 Å². The van der Waals surface area contributed by atoms with Crippen molar-refractivity contribution in [2.75, 3.05) is 0 Å². The number of nitrogens with zero attached hydrogens (tertiary/aromatic N) is 4. The van der Waals surface area contributed by atoms with Crippen LogP contribution in [0.5, 0.6) is 0 Å². The summed E-state index contributed by atoms with van der Waals surface area (Å²) < 4.78 is 208. The van der Waals surface area contributed by atoms with E-state index in [4.69, 9.17) is 27.6 Å². The second-order valence-electron chi connectivity index (χ2n) is 21.7. The van der Waals surface area contributed by atoms with Crippen molar-refractivity contribution >= 4 is 87.5 Å². The Bertz CT molecular complexity index is 5250.